The maximum Gasteiger partial charge on any atom is 0.124 e. The first-order chi connectivity index (χ1) is 10.4. The van der Waals surface area contributed by atoms with E-state index in [2.05, 4.69) is 20.9 Å². The Bertz CT molecular complexity index is 581. The van der Waals surface area contributed by atoms with Gasteiger partial charge in [-0.05, 0) is 56.7 Å². The number of rotatable bonds is 3. The fourth-order valence-corrected chi connectivity index (χ4v) is 3.68. The molecule has 110 valence electrons. The van der Waals surface area contributed by atoms with Gasteiger partial charge in [0.25, 0.3) is 0 Å². The molecule has 1 aliphatic heterocycles. The summed E-state index contributed by atoms with van der Waals surface area (Å²) in [5.74, 6) is 1.20. The van der Waals surface area contributed by atoms with E-state index in [0.717, 1.165) is 19.5 Å². The zero-order valence-electron chi connectivity index (χ0n) is 12.4. The van der Waals surface area contributed by atoms with E-state index in [1.807, 2.05) is 18.5 Å². The summed E-state index contributed by atoms with van der Waals surface area (Å²) in [6.45, 7) is 2.13. The zero-order valence-corrected chi connectivity index (χ0v) is 12.4. The highest BCUT2D eigenvalue weighted by atomic mass is 15.2. The van der Waals surface area contributed by atoms with E-state index in [0.29, 0.717) is 6.04 Å². The molecule has 0 spiro atoms. The molecule has 1 aliphatic carbocycles. The number of likely N-dealkylation sites (tertiary alicyclic amines) is 1. The quantitative estimate of drug-likeness (QED) is 0.941. The summed E-state index contributed by atoms with van der Waals surface area (Å²) in [5.41, 5.74) is 4.01. The number of fused-ring (bicyclic) bond motifs is 1. The van der Waals surface area contributed by atoms with Crippen LogP contribution in [0.3, 0.4) is 0 Å². The molecular formula is C17H22N4. The van der Waals surface area contributed by atoms with Crippen LogP contribution < -0.4 is 0 Å². The maximum absolute atomic E-state index is 4.91. The van der Waals surface area contributed by atoms with Crippen LogP contribution in [0.5, 0.6) is 0 Å². The first-order valence-corrected chi connectivity index (χ1v) is 8.11. The second kappa shape index (κ2) is 5.60. The van der Waals surface area contributed by atoms with Gasteiger partial charge in [0.15, 0.2) is 0 Å². The molecule has 2 aromatic rings. The summed E-state index contributed by atoms with van der Waals surface area (Å²) < 4.78 is 0. The minimum Gasteiger partial charge on any atom is -0.344 e. The minimum absolute atomic E-state index is 0.454. The number of imidazole rings is 1. The summed E-state index contributed by atoms with van der Waals surface area (Å²) in [6.07, 6.45) is 11.2. The van der Waals surface area contributed by atoms with Gasteiger partial charge < -0.3 is 4.98 Å². The number of nitrogens with one attached hydrogen (secondary N) is 1. The Labute approximate surface area is 125 Å². The maximum atomic E-state index is 4.91. The molecule has 0 unspecified atom stereocenters. The summed E-state index contributed by atoms with van der Waals surface area (Å²) in [4.78, 5) is 15.3. The smallest absolute Gasteiger partial charge is 0.124 e. The van der Waals surface area contributed by atoms with Gasteiger partial charge in [-0.2, -0.15) is 0 Å². The first kappa shape index (κ1) is 13.0. The molecule has 1 saturated heterocycles. The molecule has 2 aromatic heterocycles. The van der Waals surface area contributed by atoms with Crippen molar-refractivity contribution in [2.24, 2.45) is 0 Å². The number of aromatic amines is 1. The highest BCUT2D eigenvalue weighted by Crippen LogP contribution is 2.33. The van der Waals surface area contributed by atoms with Crippen LogP contribution >= 0.6 is 0 Å². The Morgan fingerprint density at radius 1 is 1.24 bits per heavy atom. The molecule has 4 heteroatoms. The molecule has 0 saturated carbocycles. The predicted octanol–water partition coefficient (Wildman–Crippen LogP) is 3.02. The number of hydrogen-bond acceptors (Lipinski definition) is 3. The Kier molecular flexibility index (Phi) is 3.47. The Morgan fingerprint density at radius 3 is 3.05 bits per heavy atom. The highest BCUT2D eigenvalue weighted by Gasteiger charge is 2.29. The van der Waals surface area contributed by atoms with Crippen molar-refractivity contribution < 1.29 is 0 Å². The summed E-state index contributed by atoms with van der Waals surface area (Å²) in [5, 5.41) is 0. The molecule has 0 bridgehead atoms. The predicted molar refractivity (Wildman–Crippen MR) is 81.9 cm³/mol. The third kappa shape index (κ3) is 2.60. The third-order valence-corrected chi connectivity index (χ3v) is 4.76. The molecular weight excluding hydrogens is 260 g/mol. The summed E-state index contributed by atoms with van der Waals surface area (Å²) >= 11 is 0. The Morgan fingerprint density at radius 2 is 2.19 bits per heavy atom. The average Bonchev–Trinajstić information content (AvgIpc) is 3.14. The van der Waals surface area contributed by atoms with Gasteiger partial charge in [0.1, 0.15) is 5.82 Å². The van der Waals surface area contributed by atoms with Crippen LogP contribution in [0.15, 0.2) is 24.5 Å². The molecule has 21 heavy (non-hydrogen) atoms. The fraction of sp³-hybridized carbons (Fsp3) is 0.529. The molecule has 0 aromatic carbocycles. The third-order valence-electron chi connectivity index (χ3n) is 4.76. The molecule has 4 nitrogen and oxygen atoms in total. The Balaban J connectivity index is 1.54. The van der Waals surface area contributed by atoms with Crippen LogP contribution in [0.25, 0.3) is 0 Å². The number of hydrogen-bond donors (Lipinski definition) is 1. The van der Waals surface area contributed by atoms with Crippen molar-refractivity contribution in [1.29, 1.82) is 0 Å². The average molecular weight is 282 g/mol. The number of pyridine rings is 1. The Hall–Kier alpha value is -1.68. The van der Waals surface area contributed by atoms with Crippen molar-refractivity contribution in [2.75, 3.05) is 6.54 Å². The van der Waals surface area contributed by atoms with Crippen LogP contribution in [0.1, 0.15) is 54.5 Å². The second-order valence-electron chi connectivity index (χ2n) is 6.24. The van der Waals surface area contributed by atoms with Gasteiger partial charge in [0.05, 0.1) is 11.7 Å². The summed E-state index contributed by atoms with van der Waals surface area (Å²) in [6, 6.07) is 4.64. The lowest BCUT2D eigenvalue weighted by Gasteiger charge is -2.22. The van der Waals surface area contributed by atoms with E-state index in [-0.39, 0.29) is 0 Å². The van der Waals surface area contributed by atoms with Gasteiger partial charge in [0, 0.05) is 24.6 Å². The van der Waals surface area contributed by atoms with Gasteiger partial charge in [0.2, 0.25) is 0 Å². The number of aryl methyl sites for hydroxylation is 2. The lowest BCUT2D eigenvalue weighted by atomic mass is 10.0. The SMILES string of the molecule is c1cncc(CN2CCC[C@@H]2c2nc3c([nH]2)CCCC3)c1. The van der Waals surface area contributed by atoms with Crippen molar-refractivity contribution >= 4 is 0 Å². The van der Waals surface area contributed by atoms with Crippen molar-refractivity contribution in [1.82, 2.24) is 19.9 Å². The van der Waals surface area contributed by atoms with Gasteiger partial charge in [-0.1, -0.05) is 6.07 Å². The van der Waals surface area contributed by atoms with Crippen LogP contribution in [0.2, 0.25) is 0 Å². The van der Waals surface area contributed by atoms with Crippen molar-refractivity contribution in [3.63, 3.8) is 0 Å². The minimum atomic E-state index is 0.454. The second-order valence-corrected chi connectivity index (χ2v) is 6.24. The van der Waals surface area contributed by atoms with Crippen molar-refractivity contribution in [3.05, 3.63) is 47.3 Å². The number of aromatic nitrogens is 3. The summed E-state index contributed by atoms with van der Waals surface area (Å²) in [7, 11) is 0. The molecule has 2 aliphatic rings. The highest BCUT2D eigenvalue weighted by molar-refractivity contribution is 5.20. The topological polar surface area (TPSA) is 44.8 Å². The van der Waals surface area contributed by atoms with Gasteiger partial charge in [-0.3, -0.25) is 9.88 Å². The number of nitrogens with zero attached hydrogens (tertiary/aromatic N) is 3. The lowest BCUT2D eigenvalue weighted by molar-refractivity contribution is 0.240. The van der Waals surface area contributed by atoms with Crippen LogP contribution in [0, 0.1) is 0 Å². The van der Waals surface area contributed by atoms with Crippen molar-refractivity contribution in [2.45, 2.75) is 51.1 Å². The molecule has 1 atom stereocenters. The van der Waals surface area contributed by atoms with Crippen LogP contribution in [0.4, 0.5) is 0 Å². The van der Waals surface area contributed by atoms with E-state index in [1.54, 1.807) is 0 Å². The normalized spacial score (nSPS) is 22.4. The molecule has 1 fully saturated rings. The van der Waals surface area contributed by atoms with Crippen LogP contribution in [-0.4, -0.2) is 26.4 Å². The van der Waals surface area contributed by atoms with E-state index < -0.39 is 0 Å². The standard InChI is InChI=1S/C17H22N4/c1-2-7-15-14(6-1)19-17(20-15)16-8-4-10-21(16)12-13-5-3-9-18-11-13/h3,5,9,11,16H,1-2,4,6-8,10,12H2,(H,19,20)/t16-/m1/s1. The fourth-order valence-electron chi connectivity index (χ4n) is 3.68. The monoisotopic (exact) mass is 282 g/mol. The zero-order chi connectivity index (χ0) is 14.1. The van der Waals surface area contributed by atoms with E-state index in [9.17, 15) is 0 Å². The largest absolute Gasteiger partial charge is 0.344 e. The van der Waals surface area contributed by atoms with E-state index in [4.69, 9.17) is 4.98 Å². The number of H-pyrrole nitrogens is 1. The molecule has 4 rings (SSSR count). The molecule has 3 heterocycles. The molecule has 0 amide bonds. The molecule has 1 N–H and O–H groups in total. The molecule has 0 radical (unpaired) electrons. The first-order valence-electron chi connectivity index (χ1n) is 8.11. The van der Waals surface area contributed by atoms with Gasteiger partial charge in [-0.15, -0.1) is 0 Å². The van der Waals surface area contributed by atoms with Crippen molar-refractivity contribution in [3.8, 4) is 0 Å². The van der Waals surface area contributed by atoms with E-state index >= 15 is 0 Å². The van der Waals surface area contributed by atoms with Crippen LogP contribution in [-0.2, 0) is 19.4 Å². The lowest BCUT2D eigenvalue weighted by Crippen LogP contribution is -2.23. The van der Waals surface area contributed by atoms with Gasteiger partial charge in [-0.25, -0.2) is 4.98 Å². The van der Waals surface area contributed by atoms with E-state index in [1.165, 1.54) is 54.9 Å². The van der Waals surface area contributed by atoms with Gasteiger partial charge >= 0.3 is 0 Å².